The Labute approximate surface area is 84.3 Å². The Kier molecular flexibility index (Phi) is 4.59. The number of aliphatic hydroxyl groups excluding tert-OH is 1. The molecule has 1 atom stereocenters. The molecule has 0 aromatic heterocycles. The van der Waals surface area contributed by atoms with Crippen molar-refractivity contribution in [2.24, 2.45) is 0 Å². The zero-order chi connectivity index (χ0) is 10.4. The number of hydrogen-bond donors (Lipinski definition) is 1. The van der Waals surface area contributed by atoms with Crippen LogP contribution in [-0.2, 0) is 9.47 Å². The SMILES string of the molecule is COC(OC)C(CO)c1ccccc1. The van der Waals surface area contributed by atoms with Crippen molar-refractivity contribution < 1.29 is 14.6 Å². The monoisotopic (exact) mass is 196 g/mol. The first-order valence-electron chi connectivity index (χ1n) is 4.55. The third-order valence-corrected chi connectivity index (χ3v) is 2.22. The minimum absolute atomic E-state index is 0.0103. The van der Waals surface area contributed by atoms with Gasteiger partial charge in [0, 0.05) is 14.2 Å². The molecule has 0 radical (unpaired) electrons. The lowest BCUT2D eigenvalue weighted by atomic mass is 9.99. The van der Waals surface area contributed by atoms with Crippen LogP contribution in [0.2, 0.25) is 0 Å². The number of hydrogen-bond acceptors (Lipinski definition) is 3. The molecule has 3 nitrogen and oxygen atoms in total. The van der Waals surface area contributed by atoms with Crippen molar-refractivity contribution in [1.29, 1.82) is 0 Å². The third-order valence-electron chi connectivity index (χ3n) is 2.22. The van der Waals surface area contributed by atoms with Crippen molar-refractivity contribution in [3.63, 3.8) is 0 Å². The predicted octanol–water partition coefficient (Wildman–Crippen LogP) is 1.38. The summed E-state index contributed by atoms with van der Waals surface area (Å²) in [5.74, 6) is -0.133. The molecule has 0 bridgehead atoms. The van der Waals surface area contributed by atoms with Crippen molar-refractivity contribution in [2.45, 2.75) is 12.2 Å². The fourth-order valence-electron chi connectivity index (χ4n) is 1.47. The molecule has 0 fully saturated rings. The van der Waals surface area contributed by atoms with Gasteiger partial charge in [-0.25, -0.2) is 0 Å². The molecular weight excluding hydrogens is 180 g/mol. The van der Waals surface area contributed by atoms with Gasteiger partial charge in [0.1, 0.15) is 0 Å². The second-order valence-corrected chi connectivity index (χ2v) is 3.04. The van der Waals surface area contributed by atoms with Crippen molar-refractivity contribution in [3.05, 3.63) is 35.9 Å². The van der Waals surface area contributed by atoms with Gasteiger partial charge in [-0.3, -0.25) is 0 Å². The van der Waals surface area contributed by atoms with Gasteiger partial charge in [-0.1, -0.05) is 30.3 Å². The molecule has 1 unspecified atom stereocenters. The van der Waals surface area contributed by atoms with Gasteiger partial charge in [-0.05, 0) is 5.56 Å². The minimum Gasteiger partial charge on any atom is -0.396 e. The van der Waals surface area contributed by atoms with E-state index in [1.165, 1.54) is 0 Å². The normalized spacial score (nSPS) is 13.1. The van der Waals surface area contributed by atoms with E-state index in [1.54, 1.807) is 14.2 Å². The highest BCUT2D eigenvalue weighted by atomic mass is 16.7. The molecule has 0 aliphatic rings. The molecule has 14 heavy (non-hydrogen) atoms. The van der Waals surface area contributed by atoms with Gasteiger partial charge in [0.15, 0.2) is 6.29 Å². The van der Waals surface area contributed by atoms with E-state index < -0.39 is 6.29 Å². The van der Waals surface area contributed by atoms with Crippen molar-refractivity contribution in [3.8, 4) is 0 Å². The Morgan fingerprint density at radius 1 is 1.14 bits per heavy atom. The summed E-state index contributed by atoms with van der Waals surface area (Å²) in [5, 5.41) is 9.25. The van der Waals surface area contributed by atoms with E-state index in [0.717, 1.165) is 5.56 Å². The van der Waals surface area contributed by atoms with E-state index in [9.17, 15) is 5.11 Å². The van der Waals surface area contributed by atoms with Gasteiger partial charge in [-0.15, -0.1) is 0 Å². The second kappa shape index (κ2) is 5.75. The Morgan fingerprint density at radius 2 is 1.71 bits per heavy atom. The summed E-state index contributed by atoms with van der Waals surface area (Å²) < 4.78 is 10.2. The van der Waals surface area contributed by atoms with Gasteiger partial charge in [0.05, 0.1) is 12.5 Å². The molecule has 0 spiro atoms. The van der Waals surface area contributed by atoms with Crippen LogP contribution >= 0.6 is 0 Å². The lowest BCUT2D eigenvalue weighted by Gasteiger charge is -2.23. The molecule has 1 aromatic carbocycles. The van der Waals surface area contributed by atoms with Crippen molar-refractivity contribution in [1.82, 2.24) is 0 Å². The number of ether oxygens (including phenoxy) is 2. The van der Waals surface area contributed by atoms with Crippen LogP contribution in [0.5, 0.6) is 0 Å². The lowest BCUT2D eigenvalue weighted by molar-refractivity contribution is -0.125. The van der Waals surface area contributed by atoms with Gasteiger partial charge in [0.25, 0.3) is 0 Å². The number of rotatable bonds is 5. The highest BCUT2D eigenvalue weighted by Crippen LogP contribution is 2.21. The topological polar surface area (TPSA) is 38.7 Å². The number of aliphatic hydroxyl groups is 1. The zero-order valence-electron chi connectivity index (χ0n) is 8.51. The minimum atomic E-state index is -0.401. The van der Waals surface area contributed by atoms with Gasteiger partial charge >= 0.3 is 0 Å². The van der Waals surface area contributed by atoms with E-state index in [2.05, 4.69) is 0 Å². The van der Waals surface area contributed by atoms with Crippen LogP contribution in [0.3, 0.4) is 0 Å². The van der Waals surface area contributed by atoms with Gasteiger partial charge in [0.2, 0.25) is 0 Å². The van der Waals surface area contributed by atoms with E-state index in [4.69, 9.17) is 9.47 Å². The van der Waals surface area contributed by atoms with Crippen LogP contribution in [0.15, 0.2) is 30.3 Å². The average Bonchev–Trinajstić information content (AvgIpc) is 2.27. The van der Waals surface area contributed by atoms with Crippen LogP contribution in [-0.4, -0.2) is 32.2 Å². The predicted molar refractivity (Wildman–Crippen MR) is 54.1 cm³/mol. The smallest absolute Gasteiger partial charge is 0.165 e. The fraction of sp³-hybridized carbons (Fsp3) is 0.455. The molecule has 0 saturated carbocycles. The Balaban J connectivity index is 2.81. The molecule has 0 heterocycles. The summed E-state index contributed by atoms with van der Waals surface area (Å²) in [4.78, 5) is 0. The standard InChI is InChI=1S/C11H16O3/c1-13-11(14-2)10(8-12)9-6-4-3-5-7-9/h3-7,10-12H,8H2,1-2H3. The van der Waals surface area contributed by atoms with E-state index in [1.807, 2.05) is 30.3 Å². The zero-order valence-corrected chi connectivity index (χ0v) is 8.51. The van der Waals surface area contributed by atoms with Gasteiger partial charge < -0.3 is 14.6 Å². The first-order chi connectivity index (χ1) is 6.83. The molecule has 0 aliphatic heterocycles. The molecule has 0 saturated heterocycles. The van der Waals surface area contributed by atoms with Crippen molar-refractivity contribution >= 4 is 0 Å². The second-order valence-electron chi connectivity index (χ2n) is 3.04. The summed E-state index contributed by atoms with van der Waals surface area (Å²) in [6.45, 7) is 0.0103. The Hall–Kier alpha value is -0.900. The quantitative estimate of drug-likeness (QED) is 0.723. The lowest BCUT2D eigenvalue weighted by Crippen LogP contribution is -2.25. The maximum atomic E-state index is 9.25. The van der Waals surface area contributed by atoms with Gasteiger partial charge in [-0.2, -0.15) is 0 Å². The Bertz CT molecular complexity index is 244. The molecule has 0 aliphatic carbocycles. The largest absolute Gasteiger partial charge is 0.396 e. The first kappa shape index (κ1) is 11.2. The number of benzene rings is 1. The summed E-state index contributed by atoms with van der Waals surface area (Å²) in [7, 11) is 3.14. The Morgan fingerprint density at radius 3 is 2.14 bits per heavy atom. The van der Waals surface area contributed by atoms with E-state index in [0.29, 0.717) is 0 Å². The molecule has 1 rings (SSSR count). The fourth-order valence-corrected chi connectivity index (χ4v) is 1.47. The van der Waals surface area contributed by atoms with Crippen LogP contribution in [0, 0.1) is 0 Å². The summed E-state index contributed by atoms with van der Waals surface area (Å²) in [6, 6.07) is 9.70. The van der Waals surface area contributed by atoms with Crippen LogP contribution < -0.4 is 0 Å². The highest BCUT2D eigenvalue weighted by molar-refractivity contribution is 5.20. The first-order valence-corrected chi connectivity index (χ1v) is 4.55. The average molecular weight is 196 g/mol. The molecule has 78 valence electrons. The van der Waals surface area contributed by atoms with Crippen LogP contribution in [0.25, 0.3) is 0 Å². The number of methoxy groups -OCH3 is 2. The molecule has 1 N–H and O–H groups in total. The summed E-state index contributed by atoms with van der Waals surface area (Å²) in [5.41, 5.74) is 1.02. The maximum absolute atomic E-state index is 9.25. The molecule has 0 amide bonds. The molecule has 1 aromatic rings. The third kappa shape index (κ3) is 2.54. The highest BCUT2D eigenvalue weighted by Gasteiger charge is 2.21. The molecule has 3 heteroatoms. The van der Waals surface area contributed by atoms with Crippen LogP contribution in [0.4, 0.5) is 0 Å². The summed E-state index contributed by atoms with van der Waals surface area (Å²) in [6.07, 6.45) is -0.401. The van der Waals surface area contributed by atoms with Crippen LogP contribution in [0.1, 0.15) is 11.5 Å². The maximum Gasteiger partial charge on any atom is 0.165 e. The van der Waals surface area contributed by atoms with E-state index in [-0.39, 0.29) is 12.5 Å². The summed E-state index contributed by atoms with van der Waals surface area (Å²) >= 11 is 0. The van der Waals surface area contributed by atoms with E-state index >= 15 is 0 Å². The van der Waals surface area contributed by atoms with Crippen molar-refractivity contribution in [2.75, 3.05) is 20.8 Å². The molecular formula is C11H16O3.